The highest BCUT2D eigenvalue weighted by Gasteiger charge is 2.47. The van der Waals surface area contributed by atoms with E-state index in [2.05, 4.69) is 5.32 Å². The third-order valence-electron chi connectivity index (χ3n) is 6.09. The Morgan fingerprint density at radius 1 is 0.938 bits per heavy atom. The van der Waals surface area contributed by atoms with Crippen LogP contribution in [0, 0.1) is 5.92 Å². The Bertz CT molecular complexity index is 1040. The molecule has 0 aromatic heterocycles. The zero-order chi connectivity index (χ0) is 22.7. The number of allylic oxidation sites excluding steroid dienone is 2. The summed E-state index contributed by atoms with van der Waals surface area (Å²) in [6.07, 6.45) is 0.554. The molecule has 3 atom stereocenters. The standard InChI is InChI=1S/C26H27NO5/c1-3-31-18-12-10-17(11-13-18)20-15-22(28)27-21-14-19(16-8-6-5-7-9-16)24(25(29)23(20)21)26(30)32-4-2/h5-13,19-20,24H,3-4,14-15H2,1-2H3,(H,27,28). The maximum absolute atomic E-state index is 13.8. The van der Waals surface area contributed by atoms with Gasteiger partial charge in [0.15, 0.2) is 5.78 Å². The average molecular weight is 434 g/mol. The summed E-state index contributed by atoms with van der Waals surface area (Å²) in [5.41, 5.74) is 2.85. The van der Waals surface area contributed by atoms with Gasteiger partial charge in [-0.1, -0.05) is 42.5 Å². The minimum Gasteiger partial charge on any atom is -0.494 e. The number of nitrogens with one attached hydrogen (secondary N) is 1. The molecule has 2 aromatic rings. The van der Waals surface area contributed by atoms with E-state index in [1.807, 2.05) is 61.5 Å². The molecule has 1 heterocycles. The fourth-order valence-corrected chi connectivity index (χ4v) is 4.72. The van der Waals surface area contributed by atoms with E-state index in [-0.39, 0.29) is 30.6 Å². The lowest BCUT2D eigenvalue weighted by Crippen LogP contribution is -2.44. The van der Waals surface area contributed by atoms with Gasteiger partial charge in [0.1, 0.15) is 11.7 Å². The summed E-state index contributed by atoms with van der Waals surface area (Å²) in [7, 11) is 0. The van der Waals surface area contributed by atoms with Crippen molar-refractivity contribution in [2.75, 3.05) is 13.2 Å². The van der Waals surface area contributed by atoms with Gasteiger partial charge in [0.05, 0.1) is 13.2 Å². The van der Waals surface area contributed by atoms with E-state index < -0.39 is 17.8 Å². The highest BCUT2D eigenvalue weighted by Crippen LogP contribution is 2.45. The number of ketones is 1. The number of hydrogen-bond acceptors (Lipinski definition) is 5. The van der Waals surface area contributed by atoms with Crippen molar-refractivity contribution in [3.05, 3.63) is 77.0 Å². The van der Waals surface area contributed by atoms with Gasteiger partial charge in [-0.25, -0.2) is 0 Å². The van der Waals surface area contributed by atoms with Crippen molar-refractivity contribution in [2.45, 2.75) is 38.5 Å². The largest absolute Gasteiger partial charge is 0.494 e. The maximum atomic E-state index is 13.8. The molecule has 0 saturated carbocycles. The predicted octanol–water partition coefficient (Wildman–Crippen LogP) is 3.88. The molecule has 6 heteroatoms. The molecule has 3 unspecified atom stereocenters. The third kappa shape index (κ3) is 4.17. The van der Waals surface area contributed by atoms with Gasteiger partial charge in [-0.2, -0.15) is 0 Å². The Labute approximate surface area is 187 Å². The van der Waals surface area contributed by atoms with E-state index in [1.165, 1.54) is 0 Å². The van der Waals surface area contributed by atoms with Crippen LogP contribution in [0.3, 0.4) is 0 Å². The molecule has 1 N–H and O–H groups in total. The molecule has 0 spiro atoms. The number of esters is 1. The normalized spacial score (nSPS) is 22.8. The van der Waals surface area contributed by atoms with Gasteiger partial charge in [-0.3, -0.25) is 14.4 Å². The van der Waals surface area contributed by atoms with Crippen LogP contribution in [0.5, 0.6) is 5.75 Å². The summed E-state index contributed by atoms with van der Waals surface area (Å²) in [5.74, 6) is -1.91. The minimum atomic E-state index is -0.934. The molecule has 4 rings (SSSR count). The second-order valence-corrected chi connectivity index (χ2v) is 8.01. The molecule has 1 aliphatic heterocycles. The number of Topliss-reactive ketones (excluding diaryl/α,β-unsaturated/α-hetero) is 1. The highest BCUT2D eigenvalue weighted by molar-refractivity contribution is 6.12. The summed E-state index contributed by atoms with van der Waals surface area (Å²) in [4.78, 5) is 39.3. The van der Waals surface area contributed by atoms with Crippen molar-refractivity contribution in [3.63, 3.8) is 0 Å². The third-order valence-corrected chi connectivity index (χ3v) is 6.09. The SMILES string of the molecule is CCOC(=O)C1C(=O)C2=C(CC1c1ccccc1)NC(=O)CC2c1ccc(OCC)cc1. The molecule has 166 valence electrons. The van der Waals surface area contributed by atoms with Gasteiger partial charge < -0.3 is 14.8 Å². The van der Waals surface area contributed by atoms with Crippen LogP contribution in [0.2, 0.25) is 0 Å². The first-order valence-corrected chi connectivity index (χ1v) is 11.0. The highest BCUT2D eigenvalue weighted by atomic mass is 16.5. The summed E-state index contributed by atoms with van der Waals surface area (Å²) >= 11 is 0. The van der Waals surface area contributed by atoms with Crippen LogP contribution in [0.1, 0.15) is 49.7 Å². The fraction of sp³-hybridized carbons (Fsp3) is 0.346. The lowest BCUT2D eigenvalue weighted by molar-refractivity contribution is -0.152. The van der Waals surface area contributed by atoms with Gasteiger partial charge in [0.2, 0.25) is 5.91 Å². The van der Waals surface area contributed by atoms with Gasteiger partial charge in [-0.05, 0) is 43.5 Å². The van der Waals surface area contributed by atoms with Gasteiger partial charge in [0.25, 0.3) is 0 Å². The Morgan fingerprint density at radius 2 is 1.66 bits per heavy atom. The second kappa shape index (κ2) is 9.39. The molecule has 1 amide bonds. The van der Waals surface area contributed by atoms with Gasteiger partial charge >= 0.3 is 5.97 Å². The predicted molar refractivity (Wildman–Crippen MR) is 119 cm³/mol. The number of benzene rings is 2. The molecular weight excluding hydrogens is 406 g/mol. The van der Waals surface area contributed by atoms with Crippen molar-refractivity contribution >= 4 is 17.7 Å². The minimum absolute atomic E-state index is 0.128. The molecule has 0 radical (unpaired) electrons. The Balaban J connectivity index is 1.77. The van der Waals surface area contributed by atoms with E-state index in [0.717, 1.165) is 16.9 Å². The Morgan fingerprint density at radius 3 is 2.31 bits per heavy atom. The Kier molecular flexibility index (Phi) is 6.40. The zero-order valence-corrected chi connectivity index (χ0v) is 18.3. The van der Waals surface area contributed by atoms with E-state index >= 15 is 0 Å². The van der Waals surface area contributed by atoms with Crippen LogP contribution in [0.25, 0.3) is 0 Å². The first kappa shape index (κ1) is 21.8. The number of hydrogen-bond donors (Lipinski definition) is 1. The van der Waals surface area contributed by atoms with E-state index in [0.29, 0.717) is 24.3 Å². The van der Waals surface area contributed by atoms with Crippen LogP contribution < -0.4 is 10.1 Å². The van der Waals surface area contributed by atoms with Crippen LogP contribution in [-0.2, 0) is 19.1 Å². The van der Waals surface area contributed by atoms with Crippen molar-refractivity contribution in [1.82, 2.24) is 5.32 Å². The van der Waals surface area contributed by atoms with Crippen LogP contribution >= 0.6 is 0 Å². The molecule has 1 aliphatic carbocycles. The summed E-state index contributed by atoms with van der Waals surface area (Å²) in [6, 6.07) is 16.9. The lowest BCUT2D eigenvalue weighted by atomic mass is 9.68. The molecule has 2 aliphatic rings. The van der Waals surface area contributed by atoms with Gasteiger partial charge in [-0.15, -0.1) is 0 Å². The van der Waals surface area contributed by atoms with Crippen molar-refractivity contribution in [3.8, 4) is 5.75 Å². The number of rotatable bonds is 6. The fourth-order valence-electron chi connectivity index (χ4n) is 4.72. The average Bonchev–Trinajstić information content (AvgIpc) is 2.79. The van der Waals surface area contributed by atoms with Crippen molar-refractivity contribution < 1.29 is 23.9 Å². The summed E-state index contributed by atoms with van der Waals surface area (Å²) < 4.78 is 10.8. The molecule has 0 fully saturated rings. The molecule has 0 bridgehead atoms. The number of carbonyl (C=O) groups excluding carboxylic acids is 3. The van der Waals surface area contributed by atoms with E-state index in [9.17, 15) is 14.4 Å². The topological polar surface area (TPSA) is 81.7 Å². The van der Waals surface area contributed by atoms with Crippen LogP contribution in [0.4, 0.5) is 0 Å². The first-order chi connectivity index (χ1) is 15.5. The van der Waals surface area contributed by atoms with Crippen molar-refractivity contribution in [1.29, 1.82) is 0 Å². The van der Waals surface area contributed by atoms with Crippen molar-refractivity contribution in [2.24, 2.45) is 5.92 Å². The quantitative estimate of drug-likeness (QED) is 0.552. The summed E-state index contributed by atoms with van der Waals surface area (Å²) in [6.45, 7) is 4.41. The monoisotopic (exact) mass is 433 g/mol. The Hall–Kier alpha value is -3.41. The molecule has 2 aromatic carbocycles. The number of ether oxygens (including phenoxy) is 2. The van der Waals surface area contributed by atoms with Crippen LogP contribution in [0.15, 0.2) is 65.9 Å². The molecule has 32 heavy (non-hydrogen) atoms. The lowest BCUT2D eigenvalue weighted by Gasteiger charge is -2.38. The second-order valence-electron chi connectivity index (χ2n) is 8.01. The maximum Gasteiger partial charge on any atom is 0.317 e. The van der Waals surface area contributed by atoms with E-state index in [1.54, 1.807) is 6.92 Å². The number of amides is 1. The molecule has 6 nitrogen and oxygen atoms in total. The van der Waals surface area contributed by atoms with Gasteiger partial charge in [0, 0.05) is 29.5 Å². The zero-order valence-electron chi connectivity index (χ0n) is 18.3. The molecular formula is C26H27NO5. The van der Waals surface area contributed by atoms with Crippen LogP contribution in [-0.4, -0.2) is 30.9 Å². The molecule has 0 saturated heterocycles. The summed E-state index contributed by atoms with van der Waals surface area (Å²) in [5, 5.41) is 2.91. The smallest absolute Gasteiger partial charge is 0.317 e. The number of carbonyl (C=O) groups is 3. The van der Waals surface area contributed by atoms with E-state index in [4.69, 9.17) is 9.47 Å². The first-order valence-electron chi connectivity index (χ1n) is 11.0.